The molecule has 1 aliphatic rings. The van der Waals surface area contributed by atoms with Gasteiger partial charge in [-0.3, -0.25) is 0 Å². The first kappa shape index (κ1) is 20.6. The van der Waals surface area contributed by atoms with Crippen LogP contribution in [-0.2, 0) is 4.74 Å². The van der Waals surface area contributed by atoms with Crippen molar-refractivity contribution >= 4 is 22.1 Å². The number of oxazole rings is 1. The molecule has 1 unspecified atom stereocenters. The van der Waals surface area contributed by atoms with Gasteiger partial charge in [-0.25, -0.2) is 9.78 Å². The SMILES string of the molecule is O=c1oc2cc(OC3O[C@H](CO)[C@H](O)[C@H](O)[C@H]3O)ccc2cc1-c1nc2ccccc2o1. The number of aliphatic hydroxyl groups is 4. The Labute approximate surface area is 179 Å². The molecule has 5 atom stereocenters. The van der Waals surface area contributed by atoms with Crippen molar-refractivity contribution in [2.45, 2.75) is 30.7 Å². The highest BCUT2D eigenvalue weighted by molar-refractivity contribution is 5.83. The molecule has 1 saturated heterocycles. The van der Waals surface area contributed by atoms with Crippen molar-refractivity contribution in [1.82, 2.24) is 4.98 Å². The van der Waals surface area contributed by atoms with Crippen molar-refractivity contribution in [3.8, 4) is 17.2 Å². The van der Waals surface area contributed by atoms with Crippen LogP contribution in [0.1, 0.15) is 0 Å². The van der Waals surface area contributed by atoms with Gasteiger partial charge in [-0.15, -0.1) is 0 Å². The summed E-state index contributed by atoms with van der Waals surface area (Å²) in [4.78, 5) is 16.9. The van der Waals surface area contributed by atoms with Gasteiger partial charge >= 0.3 is 5.63 Å². The molecule has 2 aromatic heterocycles. The zero-order chi connectivity index (χ0) is 22.4. The number of aliphatic hydroxyl groups excluding tert-OH is 4. The van der Waals surface area contributed by atoms with Crippen LogP contribution in [0.2, 0.25) is 0 Å². The van der Waals surface area contributed by atoms with Crippen molar-refractivity contribution in [2.75, 3.05) is 6.61 Å². The van der Waals surface area contributed by atoms with Crippen molar-refractivity contribution in [3.63, 3.8) is 0 Å². The average Bonchev–Trinajstić information content (AvgIpc) is 3.23. The summed E-state index contributed by atoms with van der Waals surface area (Å²) in [6.07, 6.45) is -7.07. The maximum absolute atomic E-state index is 12.6. The van der Waals surface area contributed by atoms with Crippen LogP contribution in [0.5, 0.6) is 5.75 Å². The maximum Gasteiger partial charge on any atom is 0.349 e. The molecular formula is C22H19NO9. The Hall–Kier alpha value is -3.28. The van der Waals surface area contributed by atoms with Gasteiger partial charge in [0.2, 0.25) is 12.2 Å². The largest absolute Gasteiger partial charge is 0.462 e. The number of nitrogens with zero attached hydrogens (tertiary/aromatic N) is 1. The lowest BCUT2D eigenvalue weighted by molar-refractivity contribution is -0.277. The molecule has 166 valence electrons. The van der Waals surface area contributed by atoms with Crippen LogP contribution >= 0.6 is 0 Å². The molecule has 1 fully saturated rings. The standard InChI is InChI=1S/C22H19NO9/c24-9-16-17(25)18(26)19(27)22(32-16)29-11-6-5-10-7-12(21(28)31-15(10)8-11)20-23-13-3-1-2-4-14(13)30-20/h1-8,16-19,22,24-27H,9H2/t16-,17+,18+,19-,22?/m1/s1. The smallest absolute Gasteiger partial charge is 0.349 e. The number of para-hydroxylation sites is 2. The number of hydrogen-bond acceptors (Lipinski definition) is 10. The first-order valence-corrected chi connectivity index (χ1v) is 9.85. The maximum atomic E-state index is 12.6. The fourth-order valence-electron chi connectivity index (χ4n) is 3.60. The summed E-state index contributed by atoms with van der Waals surface area (Å²) in [5, 5.41) is 39.8. The lowest BCUT2D eigenvalue weighted by atomic mass is 9.99. The number of fused-ring (bicyclic) bond motifs is 2. The van der Waals surface area contributed by atoms with E-state index < -0.39 is 42.9 Å². The fourth-order valence-corrected chi connectivity index (χ4v) is 3.60. The lowest BCUT2D eigenvalue weighted by Gasteiger charge is -2.39. The quantitative estimate of drug-likeness (QED) is 0.334. The van der Waals surface area contributed by atoms with Crippen LogP contribution in [0.3, 0.4) is 0 Å². The third-order valence-electron chi connectivity index (χ3n) is 5.33. The van der Waals surface area contributed by atoms with Gasteiger partial charge in [-0.1, -0.05) is 12.1 Å². The lowest BCUT2D eigenvalue weighted by Crippen LogP contribution is -2.60. The molecule has 0 spiro atoms. The fraction of sp³-hybridized carbons (Fsp3) is 0.273. The average molecular weight is 441 g/mol. The van der Waals surface area contributed by atoms with Crippen molar-refractivity contribution < 1.29 is 38.7 Å². The van der Waals surface area contributed by atoms with Gasteiger partial charge in [0.1, 0.15) is 46.8 Å². The third-order valence-corrected chi connectivity index (χ3v) is 5.33. The Morgan fingerprint density at radius 3 is 2.53 bits per heavy atom. The number of rotatable bonds is 4. The van der Waals surface area contributed by atoms with E-state index in [1.165, 1.54) is 6.07 Å². The Morgan fingerprint density at radius 1 is 0.938 bits per heavy atom. The normalized spacial score (nSPS) is 25.9. The zero-order valence-corrected chi connectivity index (χ0v) is 16.5. The second-order valence-corrected chi connectivity index (χ2v) is 7.45. The molecule has 0 radical (unpaired) electrons. The van der Waals surface area contributed by atoms with E-state index >= 15 is 0 Å². The van der Waals surface area contributed by atoms with Gasteiger partial charge in [0, 0.05) is 11.5 Å². The number of benzene rings is 2. The van der Waals surface area contributed by atoms with Gasteiger partial charge in [0.05, 0.1) is 6.61 Å². The molecule has 0 aliphatic carbocycles. The van der Waals surface area contributed by atoms with Gasteiger partial charge in [0.15, 0.2) is 5.58 Å². The highest BCUT2D eigenvalue weighted by Gasteiger charge is 2.44. The van der Waals surface area contributed by atoms with Crippen molar-refractivity contribution in [3.05, 3.63) is 59.0 Å². The molecule has 2 aromatic carbocycles. The first-order chi connectivity index (χ1) is 15.4. The summed E-state index contributed by atoms with van der Waals surface area (Å²) in [6.45, 7) is -0.573. The summed E-state index contributed by atoms with van der Waals surface area (Å²) in [6, 6.07) is 13.3. The van der Waals surface area contributed by atoms with E-state index in [-0.39, 0.29) is 22.8 Å². The van der Waals surface area contributed by atoms with E-state index in [9.17, 15) is 25.2 Å². The molecule has 10 nitrogen and oxygen atoms in total. The molecule has 0 amide bonds. The number of ether oxygens (including phenoxy) is 2. The molecule has 0 bridgehead atoms. The number of hydrogen-bond donors (Lipinski definition) is 4. The van der Waals surface area contributed by atoms with E-state index in [1.54, 1.807) is 36.4 Å². The van der Waals surface area contributed by atoms with E-state index in [0.29, 0.717) is 16.5 Å². The second kappa shape index (κ2) is 8.01. The predicted molar refractivity (Wildman–Crippen MR) is 110 cm³/mol. The molecule has 1 aliphatic heterocycles. The molecular weight excluding hydrogens is 422 g/mol. The van der Waals surface area contributed by atoms with Gasteiger partial charge in [-0.05, 0) is 30.3 Å². The van der Waals surface area contributed by atoms with Crippen LogP contribution in [0.4, 0.5) is 0 Å². The van der Waals surface area contributed by atoms with Crippen LogP contribution < -0.4 is 10.4 Å². The van der Waals surface area contributed by atoms with Gasteiger partial charge in [0.25, 0.3) is 0 Å². The molecule has 10 heteroatoms. The third kappa shape index (κ3) is 3.53. The first-order valence-electron chi connectivity index (χ1n) is 9.85. The Balaban J connectivity index is 1.45. The molecule has 4 aromatic rings. The molecule has 0 saturated carbocycles. The van der Waals surface area contributed by atoms with Gasteiger partial charge in [-0.2, -0.15) is 0 Å². The van der Waals surface area contributed by atoms with Crippen LogP contribution in [0.15, 0.2) is 62.2 Å². The van der Waals surface area contributed by atoms with Crippen molar-refractivity contribution in [1.29, 1.82) is 0 Å². The monoisotopic (exact) mass is 441 g/mol. The van der Waals surface area contributed by atoms with E-state index in [0.717, 1.165) is 0 Å². The zero-order valence-electron chi connectivity index (χ0n) is 16.5. The summed E-state index contributed by atoms with van der Waals surface area (Å²) >= 11 is 0. The van der Waals surface area contributed by atoms with Crippen LogP contribution in [0, 0.1) is 0 Å². The minimum Gasteiger partial charge on any atom is -0.462 e. The Morgan fingerprint density at radius 2 is 1.75 bits per heavy atom. The van der Waals surface area contributed by atoms with E-state index in [2.05, 4.69) is 4.98 Å². The van der Waals surface area contributed by atoms with E-state index in [1.807, 2.05) is 6.07 Å². The molecule has 32 heavy (non-hydrogen) atoms. The summed E-state index contributed by atoms with van der Waals surface area (Å²) in [7, 11) is 0. The highest BCUT2D eigenvalue weighted by atomic mass is 16.7. The summed E-state index contributed by atoms with van der Waals surface area (Å²) in [5.41, 5.74) is 0.873. The second-order valence-electron chi connectivity index (χ2n) is 7.45. The number of aromatic nitrogens is 1. The Bertz CT molecular complexity index is 1290. The molecule has 3 heterocycles. The Kier molecular flexibility index (Phi) is 5.16. The van der Waals surface area contributed by atoms with Gasteiger partial charge < -0.3 is 38.7 Å². The predicted octanol–water partition coefficient (Wildman–Crippen LogP) is 0.780. The minimum absolute atomic E-state index is 0.142. The molecule has 5 rings (SSSR count). The van der Waals surface area contributed by atoms with E-state index in [4.69, 9.17) is 18.3 Å². The highest BCUT2D eigenvalue weighted by Crippen LogP contribution is 2.29. The topological polar surface area (TPSA) is 156 Å². The van der Waals surface area contributed by atoms with Crippen LogP contribution in [-0.4, -0.2) is 62.7 Å². The summed E-state index contributed by atoms with van der Waals surface area (Å²) < 4.78 is 22.0. The van der Waals surface area contributed by atoms with Crippen LogP contribution in [0.25, 0.3) is 33.5 Å². The molecule has 4 N–H and O–H groups in total. The minimum atomic E-state index is -1.57. The van der Waals surface area contributed by atoms with Crippen molar-refractivity contribution in [2.24, 2.45) is 0 Å². The summed E-state index contributed by atoms with van der Waals surface area (Å²) in [5.74, 6) is 0.322.